The van der Waals surface area contributed by atoms with E-state index < -0.39 is 0 Å². The molecule has 0 radical (unpaired) electrons. The maximum absolute atomic E-state index is 5.77. The zero-order chi connectivity index (χ0) is 11.6. The molecule has 0 aromatic carbocycles. The summed E-state index contributed by atoms with van der Waals surface area (Å²) in [5.41, 5.74) is 7.42. The van der Waals surface area contributed by atoms with E-state index in [4.69, 9.17) is 5.73 Å². The number of nitrogens with one attached hydrogen (secondary N) is 1. The summed E-state index contributed by atoms with van der Waals surface area (Å²) in [6, 6.07) is 0.536. The third-order valence-corrected chi connectivity index (χ3v) is 3.45. The van der Waals surface area contributed by atoms with Crippen LogP contribution in [0.2, 0.25) is 0 Å². The van der Waals surface area contributed by atoms with Gasteiger partial charge in [0.25, 0.3) is 0 Å². The number of hydrogen-bond donors (Lipinski definition) is 2. The predicted molar refractivity (Wildman–Crippen MR) is 71.5 cm³/mol. The van der Waals surface area contributed by atoms with E-state index in [2.05, 4.69) is 18.3 Å². The Labute approximate surface area is 101 Å². The van der Waals surface area contributed by atoms with E-state index in [1.807, 2.05) is 0 Å². The summed E-state index contributed by atoms with van der Waals surface area (Å²) in [5.74, 6) is 0. The monoisotopic (exact) mass is 224 g/mol. The highest BCUT2D eigenvalue weighted by molar-refractivity contribution is 5.07. The van der Waals surface area contributed by atoms with Gasteiger partial charge in [-0.05, 0) is 38.6 Å². The first-order chi connectivity index (χ1) is 7.86. The fourth-order valence-corrected chi connectivity index (χ4v) is 2.35. The van der Waals surface area contributed by atoms with Crippen molar-refractivity contribution in [3.05, 3.63) is 11.6 Å². The van der Waals surface area contributed by atoms with Gasteiger partial charge in [-0.1, -0.05) is 37.8 Å². The molecule has 1 atom stereocenters. The van der Waals surface area contributed by atoms with Gasteiger partial charge < -0.3 is 11.1 Å². The molecule has 0 spiro atoms. The molecule has 2 heteroatoms. The van der Waals surface area contributed by atoms with Crippen LogP contribution in [0.1, 0.15) is 58.3 Å². The van der Waals surface area contributed by atoms with Crippen molar-refractivity contribution in [3.8, 4) is 0 Å². The Morgan fingerprint density at radius 2 is 2.31 bits per heavy atom. The topological polar surface area (TPSA) is 38.0 Å². The average molecular weight is 224 g/mol. The van der Waals surface area contributed by atoms with E-state index in [0.29, 0.717) is 6.04 Å². The molecular formula is C14H28N2. The van der Waals surface area contributed by atoms with Crippen molar-refractivity contribution in [1.29, 1.82) is 0 Å². The SMILES string of the molecule is CCCCCC(CN)NCCC1=CCCC1. The summed E-state index contributed by atoms with van der Waals surface area (Å²) in [6.07, 6.45) is 12.8. The summed E-state index contributed by atoms with van der Waals surface area (Å²) in [6.45, 7) is 4.14. The maximum Gasteiger partial charge on any atom is 0.0190 e. The van der Waals surface area contributed by atoms with E-state index >= 15 is 0 Å². The van der Waals surface area contributed by atoms with Gasteiger partial charge in [-0.2, -0.15) is 0 Å². The smallest absolute Gasteiger partial charge is 0.0190 e. The number of allylic oxidation sites excluding steroid dienone is 1. The molecule has 0 saturated heterocycles. The van der Waals surface area contributed by atoms with Crippen LogP contribution in [0.3, 0.4) is 0 Å². The molecule has 1 rings (SSSR count). The van der Waals surface area contributed by atoms with Gasteiger partial charge in [0.2, 0.25) is 0 Å². The van der Waals surface area contributed by atoms with Gasteiger partial charge in [-0.15, -0.1) is 0 Å². The van der Waals surface area contributed by atoms with Crippen LogP contribution < -0.4 is 11.1 Å². The fraction of sp³-hybridized carbons (Fsp3) is 0.857. The Morgan fingerprint density at radius 3 is 2.94 bits per heavy atom. The molecule has 0 amide bonds. The van der Waals surface area contributed by atoms with Crippen LogP contribution in [0.25, 0.3) is 0 Å². The van der Waals surface area contributed by atoms with Crippen LogP contribution in [0.5, 0.6) is 0 Å². The first-order valence-corrected chi connectivity index (χ1v) is 6.98. The van der Waals surface area contributed by atoms with Gasteiger partial charge in [0.05, 0.1) is 0 Å². The first-order valence-electron chi connectivity index (χ1n) is 6.98. The van der Waals surface area contributed by atoms with Crippen LogP contribution >= 0.6 is 0 Å². The molecule has 1 aliphatic carbocycles. The molecule has 2 nitrogen and oxygen atoms in total. The average Bonchev–Trinajstić information content (AvgIpc) is 2.80. The minimum atomic E-state index is 0.536. The third-order valence-electron chi connectivity index (χ3n) is 3.45. The zero-order valence-corrected chi connectivity index (χ0v) is 10.8. The van der Waals surface area contributed by atoms with Gasteiger partial charge >= 0.3 is 0 Å². The second-order valence-electron chi connectivity index (χ2n) is 4.89. The fourth-order valence-electron chi connectivity index (χ4n) is 2.35. The van der Waals surface area contributed by atoms with Gasteiger partial charge in [0.1, 0.15) is 0 Å². The van der Waals surface area contributed by atoms with E-state index in [1.54, 1.807) is 5.57 Å². The molecular weight excluding hydrogens is 196 g/mol. The molecule has 0 saturated carbocycles. The van der Waals surface area contributed by atoms with E-state index in [-0.39, 0.29) is 0 Å². The quantitative estimate of drug-likeness (QED) is 0.467. The van der Waals surface area contributed by atoms with Crippen molar-refractivity contribution in [2.75, 3.05) is 13.1 Å². The highest BCUT2D eigenvalue weighted by Crippen LogP contribution is 2.19. The van der Waals surface area contributed by atoms with Crippen LogP contribution in [0.15, 0.2) is 11.6 Å². The van der Waals surface area contributed by atoms with Crippen LogP contribution in [0, 0.1) is 0 Å². The van der Waals surface area contributed by atoms with Crippen molar-refractivity contribution >= 4 is 0 Å². The lowest BCUT2D eigenvalue weighted by atomic mass is 10.1. The normalized spacial score (nSPS) is 17.5. The molecule has 1 unspecified atom stereocenters. The Hall–Kier alpha value is -0.340. The second kappa shape index (κ2) is 8.77. The van der Waals surface area contributed by atoms with Crippen molar-refractivity contribution in [2.45, 2.75) is 64.3 Å². The molecule has 0 aliphatic heterocycles. The Bertz CT molecular complexity index is 199. The molecule has 16 heavy (non-hydrogen) atoms. The highest BCUT2D eigenvalue weighted by Gasteiger charge is 2.07. The summed E-state index contributed by atoms with van der Waals surface area (Å²) in [5, 5.41) is 3.59. The molecule has 0 aromatic heterocycles. The van der Waals surface area contributed by atoms with Crippen molar-refractivity contribution in [2.24, 2.45) is 5.73 Å². The number of nitrogens with two attached hydrogens (primary N) is 1. The molecule has 3 N–H and O–H groups in total. The van der Waals surface area contributed by atoms with Gasteiger partial charge in [-0.3, -0.25) is 0 Å². The van der Waals surface area contributed by atoms with Crippen LogP contribution in [0.4, 0.5) is 0 Å². The lowest BCUT2D eigenvalue weighted by molar-refractivity contribution is 0.467. The van der Waals surface area contributed by atoms with Crippen molar-refractivity contribution in [1.82, 2.24) is 5.32 Å². The molecule has 0 aromatic rings. The maximum atomic E-state index is 5.77. The summed E-state index contributed by atoms with van der Waals surface area (Å²) in [4.78, 5) is 0. The molecule has 0 bridgehead atoms. The predicted octanol–water partition coefficient (Wildman–Crippen LogP) is 2.98. The number of hydrogen-bond acceptors (Lipinski definition) is 2. The summed E-state index contributed by atoms with van der Waals surface area (Å²) >= 11 is 0. The minimum absolute atomic E-state index is 0.536. The van der Waals surface area contributed by atoms with E-state index in [9.17, 15) is 0 Å². The van der Waals surface area contributed by atoms with Gasteiger partial charge in [0, 0.05) is 12.6 Å². The lowest BCUT2D eigenvalue weighted by Crippen LogP contribution is -2.36. The van der Waals surface area contributed by atoms with Crippen LogP contribution in [-0.2, 0) is 0 Å². The van der Waals surface area contributed by atoms with Crippen molar-refractivity contribution in [3.63, 3.8) is 0 Å². The number of unbranched alkanes of at least 4 members (excludes halogenated alkanes) is 2. The Kier molecular flexibility index (Phi) is 7.52. The summed E-state index contributed by atoms with van der Waals surface area (Å²) < 4.78 is 0. The summed E-state index contributed by atoms with van der Waals surface area (Å²) in [7, 11) is 0. The number of rotatable bonds is 9. The lowest BCUT2D eigenvalue weighted by Gasteiger charge is -2.16. The van der Waals surface area contributed by atoms with Crippen molar-refractivity contribution < 1.29 is 0 Å². The zero-order valence-electron chi connectivity index (χ0n) is 10.8. The standard InChI is InChI=1S/C14H28N2/c1-2-3-4-9-14(12-15)16-11-10-13-7-5-6-8-13/h7,14,16H,2-6,8-12,15H2,1H3. The Morgan fingerprint density at radius 1 is 1.44 bits per heavy atom. The molecule has 94 valence electrons. The van der Waals surface area contributed by atoms with E-state index in [0.717, 1.165) is 13.1 Å². The molecule has 0 fully saturated rings. The third kappa shape index (κ3) is 5.66. The molecule has 0 heterocycles. The van der Waals surface area contributed by atoms with E-state index in [1.165, 1.54) is 51.4 Å². The Balaban J connectivity index is 2.03. The molecule has 1 aliphatic rings. The first kappa shape index (κ1) is 13.7. The van der Waals surface area contributed by atoms with Gasteiger partial charge in [0.15, 0.2) is 0 Å². The van der Waals surface area contributed by atoms with Crippen LogP contribution in [-0.4, -0.2) is 19.1 Å². The highest BCUT2D eigenvalue weighted by atomic mass is 14.9. The van der Waals surface area contributed by atoms with Gasteiger partial charge in [-0.25, -0.2) is 0 Å². The second-order valence-corrected chi connectivity index (χ2v) is 4.89. The minimum Gasteiger partial charge on any atom is -0.329 e. The largest absolute Gasteiger partial charge is 0.329 e.